The first kappa shape index (κ1) is 17.4. The lowest BCUT2D eigenvalue weighted by atomic mass is 9.85. The Labute approximate surface area is 157 Å². The lowest BCUT2D eigenvalue weighted by molar-refractivity contribution is 0.104. The van der Waals surface area contributed by atoms with Gasteiger partial charge >= 0.3 is 0 Å². The highest BCUT2D eigenvalue weighted by atomic mass is 16.1. The van der Waals surface area contributed by atoms with Crippen LogP contribution in [0.15, 0.2) is 41.2 Å². The van der Waals surface area contributed by atoms with Gasteiger partial charge in [-0.3, -0.25) is 9.59 Å². The third-order valence-electron chi connectivity index (χ3n) is 5.25. The average molecular weight is 362 g/mol. The van der Waals surface area contributed by atoms with Gasteiger partial charge < -0.3 is 10.2 Å². The minimum absolute atomic E-state index is 0.0681. The number of rotatable bonds is 6. The third kappa shape index (κ3) is 2.82. The summed E-state index contributed by atoms with van der Waals surface area (Å²) in [4.78, 5) is 27.8. The number of benzene rings is 2. The smallest absolute Gasteiger partial charge is 0.272 e. The van der Waals surface area contributed by atoms with Gasteiger partial charge in [-0.25, -0.2) is 5.10 Å². The predicted molar refractivity (Wildman–Crippen MR) is 108 cm³/mol. The second-order valence-electron chi connectivity index (χ2n) is 6.64. The van der Waals surface area contributed by atoms with Crippen LogP contribution in [0.4, 0.5) is 5.69 Å². The molecule has 4 rings (SSSR count). The Balaban J connectivity index is 1.84. The predicted octanol–water partition coefficient (Wildman–Crippen LogP) is 2.89. The van der Waals surface area contributed by atoms with Crippen LogP contribution in [0.3, 0.4) is 0 Å². The number of hydrogen-bond donors (Lipinski definition) is 2. The molecule has 2 aromatic carbocycles. The molecule has 1 aliphatic rings. The van der Waals surface area contributed by atoms with Gasteiger partial charge in [0.2, 0.25) is 0 Å². The molecule has 0 aliphatic heterocycles. The summed E-state index contributed by atoms with van der Waals surface area (Å²) in [7, 11) is 0. The van der Waals surface area contributed by atoms with Gasteiger partial charge in [-0.05, 0) is 25.2 Å². The first-order valence-electron chi connectivity index (χ1n) is 9.31. The van der Waals surface area contributed by atoms with Crippen molar-refractivity contribution in [3.8, 4) is 11.3 Å². The quantitative estimate of drug-likeness (QED) is 0.551. The molecule has 0 saturated heterocycles. The minimum atomic E-state index is -0.281. The van der Waals surface area contributed by atoms with Gasteiger partial charge in [-0.2, -0.15) is 5.10 Å². The molecule has 6 heteroatoms. The van der Waals surface area contributed by atoms with E-state index in [1.165, 1.54) is 0 Å². The van der Waals surface area contributed by atoms with Crippen LogP contribution in [0.25, 0.3) is 22.0 Å². The monoisotopic (exact) mass is 362 g/mol. The Kier molecular flexibility index (Phi) is 4.49. The fourth-order valence-corrected chi connectivity index (χ4v) is 3.75. The number of H-pyrrole nitrogens is 1. The Morgan fingerprint density at radius 3 is 2.52 bits per heavy atom. The number of aromatic amines is 1. The molecule has 1 aliphatic carbocycles. The van der Waals surface area contributed by atoms with Crippen molar-refractivity contribution in [2.45, 2.75) is 13.8 Å². The van der Waals surface area contributed by atoms with Gasteiger partial charge in [-0.1, -0.05) is 38.1 Å². The number of fused-ring (bicyclic) bond motifs is 2. The maximum atomic E-state index is 13.2. The van der Waals surface area contributed by atoms with Crippen molar-refractivity contribution in [3.63, 3.8) is 0 Å². The summed E-state index contributed by atoms with van der Waals surface area (Å²) >= 11 is 0. The van der Waals surface area contributed by atoms with Crippen molar-refractivity contribution < 1.29 is 4.79 Å². The fourth-order valence-electron chi connectivity index (χ4n) is 3.75. The second kappa shape index (κ2) is 6.96. The zero-order valence-corrected chi connectivity index (χ0v) is 15.5. The number of anilines is 1. The molecule has 0 saturated carbocycles. The van der Waals surface area contributed by atoms with E-state index in [9.17, 15) is 9.59 Å². The van der Waals surface area contributed by atoms with Crippen LogP contribution in [-0.2, 0) is 0 Å². The Hall–Kier alpha value is -2.99. The first-order chi connectivity index (χ1) is 13.2. The van der Waals surface area contributed by atoms with Gasteiger partial charge in [0.25, 0.3) is 5.56 Å². The lowest BCUT2D eigenvalue weighted by Crippen LogP contribution is -2.29. The number of likely N-dealkylation sites (N-methyl/N-ethyl adjacent to an activating group) is 1. The van der Waals surface area contributed by atoms with E-state index in [4.69, 9.17) is 0 Å². The summed E-state index contributed by atoms with van der Waals surface area (Å²) in [6, 6.07) is 11.0. The highest BCUT2D eigenvalue weighted by molar-refractivity contribution is 6.27. The van der Waals surface area contributed by atoms with Crippen LogP contribution < -0.4 is 10.9 Å². The molecule has 2 N–H and O–H groups in total. The van der Waals surface area contributed by atoms with Gasteiger partial charge in [0.15, 0.2) is 5.78 Å². The molecule has 0 spiro atoms. The van der Waals surface area contributed by atoms with Crippen LogP contribution in [0.2, 0.25) is 0 Å². The van der Waals surface area contributed by atoms with E-state index in [1.807, 2.05) is 30.3 Å². The molecule has 0 radical (unpaired) electrons. The van der Waals surface area contributed by atoms with Gasteiger partial charge in [0.05, 0.1) is 10.9 Å². The highest BCUT2D eigenvalue weighted by Gasteiger charge is 2.29. The van der Waals surface area contributed by atoms with E-state index >= 15 is 0 Å². The molecular weight excluding hydrogens is 340 g/mol. The van der Waals surface area contributed by atoms with E-state index < -0.39 is 0 Å². The van der Waals surface area contributed by atoms with E-state index in [1.54, 1.807) is 6.07 Å². The second-order valence-corrected chi connectivity index (χ2v) is 6.64. The Morgan fingerprint density at radius 1 is 1.04 bits per heavy atom. The molecule has 27 heavy (non-hydrogen) atoms. The van der Waals surface area contributed by atoms with Gasteiger partial charge in [0.1, 0.15) is 5.69 Å². The average Bonchev–Trinajstić information content (AvgIpc) is 2.70. The molecule has 138 valence electrons. The van der Waals surface area contributed by atoms with Crippen LogP contribution in [0, 0.1) is 0 Å². The molecule has 0 unspecified atom stereocenters. The number of carbonyl (C=O) groups excluding carboxylic acids is 1. The number of aromatic nitrogens is 2. The minimum Gasteiger partial charge on any atom is -0.383 e. The molecule has 3 aromatic rings. The zero-order valence-electron chi connectivity index (χ0n) is 15.5. The van der Waals surface area contributed by atoms with Crippen molar-refractivity contribution in [2.75, 3.05) is 31.5 Å². The summed E-state index contributed by atoms with van der Waals surface area (Å²) in [5.41, 5.74) is 3.04. The lowest BCUT2D eigenvalue weighted by Gasteiger charge is -2.22. The maximum absolute atomic E-state index is 13.2. The fraction of sp³-hybridized carbons (Fsp3) is 0.286. The maximum Gasteiger partial charge on any atom is 0.272 e. The number of hydrogen-bond acceptors (Lipinski definition) is 5. The highest BCUT2D eigenvalue weighted by Crippen LogP contribution is 2.39. The largest absolute Gasteiger partial charge is 0.383 e. The van der Waals surface area contributed by atoms with E-state index in [0.717, 1.165) is 37.4 Å². The van der Waals surface area contributed by atoms with Crippen molar-refractivity contribution in [1.82, 2.24) is 15.1 Å². The summed E-state index contributed by atoms with van der Waals surface area (Å²) in [5.74, 6) is -0.0681. The van der Waals surface area contributed by atoms with Crippen LogP contribution in [0.5, 0.6) is 0 Å². The number of nitrogens with zero attached hydrogens (tertiary/aromatic N) is 2. The standard InChI is InChI=1S/C21H22N4O2/c1-3-25(4-2)12-11-22-16-10-9-15-17-18(16)20(26)14-8-6-5-7-13(14)19(17)23-24-21(15)27/h5-10,22H,3-4,11-12H2,1-2H3,(H,24,27). The normalized spacial score (nSPS) is 12.5. The van der Waals surface area contributed by atoms with E-state index in [0.29, 0.717) is 27.6 Å². The molecule has 0 atom stereocenters. The molecule has 1 heterocycles. The van der Waals surface area contributed by atoms with Gasteiger partial charge in [-0.15, -0.1) is 0 Å². The summed E-state index contributed by atoms with van der Waals surface area (Å²) in [6.45, 7) is 7.84. The molecular formula is C21H22N4O2. The van der Waals surface area contributed by atoms with Crippen LogP contribution >= 0.6 is 0 Å². The third-order valence-corrected chi connectivity index (χ3v) is 5.25. The van der Waals surface area contributed by atoms with Crippen molar-refractivity contribution in [2.24, 2.45) is 0 Å². The van der Waals surface area contributed by atoms with E-state index in [-0.39, 0.29) is 11.3 Å². The Bertz CT molecular complexity index is 1080. The summed E-state index contributed by atoms with van der Waals surface area (Å²) in [5, 5.41) is 11.3. The number of carbonyl (C=O) groups is 1. The molecule has 1 aromatic heterocycles. The Morgan fingerprint density at radius 2 is 1.78 bits per heavy atom. The molecule has 6 nitrogen and oxygen atoms in total. The van der Waals surface area contributed by atoms with Crippen molar-refractivity contribution in [1.29, 1.82) is 0 Å². The van der Waals surface area contributed by atoms with Crippen LogP contribution in [0.1, 0.15) is 29.8 Å². The van der Waals surface area contributed by atoms with Crippen LogP contribution in [-0.4, -0.2) is 47.1 Å². The number of nitrogens with one attached hydrogen (secondary N) is 2. The topological polar surface area (TPSA) is 78.1 Å². The number of ketones is 1. The summed E-state index contributed by atoms with van der Waals surface area (Å²) in [6.07, 6.45) is 0. The molecule has 0 fully saturated rings. The first-order valence-corrected chi connectivity index (χ1v) is 9.31. The van der Waals surface area contributed by atoms with E-state index in [2.05, 4.69) is 34.3 Å². The van der Waals surface area contributed by atoms with Crippen molar-refractivity contribution >= 4 is 22.2 Å². The SMILES string of the molecule is CCN(CC)CCNc1ccc2c(=O)[nH]nc3c2c1C(=O)c1ccccc1-3. The molecule has 0 bridgehead atoms. The zero-order chi connectivity index (χ0) is 19.0. The molecule has 0 amide bonds. The summed E-state index contributed by atoms with van der Waals surface area (Å²) < 4.78 is 0. The van der Waals surface area contributed by atoms with Gasteiger partial charge in [0, 0.05) is 35.3 Å². The van der Waals surface area contributed by atoms with Crippen molar-refractivity contribution in [3.05, 3.63) is 57.9 Å².